The molecule has 1 aromatic rings. The predicted octanol–water partition coefficient (Wildman–Crippen LogP) is 1.53. The second kappa shape index (κ2) is 5.98. The Morgan fingerprint density at radius 2 is 1.94 bits per heavy atom. The lowest BCUT2D eigenvalue weighted by Crippen LogP contribution is -2.49. The van der Waals surface area contributed by atoms with Crippen molar-refractivity contribution in [3.05, 3.63) is 30.1 Å². The molecule has 1 aromatic carbocycles. The summed E-state index contributed by atoms with van der Waals surface area (Å²) in [6, 6.07) is 7.03. The van der Waals surface area contributed by atoms with Crippen LogP contribution in [0.1, 0.15) is 6.92 Å². The van der Waals surface area contributed by atoms with E-state index < -0.39 is 0 Å². The Kier molecular flexibility index (Phi) is 4.34. The Hall–Kier alpha value is -1.13. The molecule has 0 radical (unpaired) electrons. The summed E-state index contributed by atoms with van der Waals surface area (Å²) in [4.78, 5) is 2.47. The number of anilines is 1. The summed E-state index contributed by atoms with van der Waals surface area (Å²) >= 11 is 0. The predicted molar refractivity (Wildman–Crippen MR) is 68.8 cm³/mol. The van der Waals surface area contributed by atoms with Crippen LogP contribution in [0, 0.1) is 5.82 Å². The Morgan fingerprint density at radius 3 is 2.59 bits per heavy atom. The van der Waals surface area contributed by atoms with Gasteiger partial charge in [0, 0.05) is 44.5 Å². The van der Waals surface area contributed by atoms with Crippen LogP contribution in [0.4, 0.5) is 10.1 Å². The first-order valence-electron chi connectivity index (χ1n) is 6.20. The second-order valence-electron chi connectivity index (χ2n) is 4.52. The Labute approximate surface area is 102 Å². The van der Waals surface area contributed by atoms with Crippen LogP contribution in [0.15, 0.2) is 24.3 Å². The standard InChI is InChI=1S/C13H20FN3/c1-11(17-8-6-15-7-9-17)10-16-13-4-2-12(14)3-5-13/h2-5,11,15-16H,6-10H2,1H3. The lowest BCUT2D eigenvalue weighted by molar-refractivity contribution is 0.191. The van der Waals surface area contributed by atoms with Crippen molar-refractivity contribution < 1.29 is 4.39 Å². The molecule has 1 aliphatic heterocycles. The number of rotatable bonds is 4. The molecule has 1 atom stereocenters. The van der Waals surface area contributed by atoms with Gasteiger partial charge in [-0.15, -0.1) is 0 Å². The highest BCUT2D eigenvalue weighted by Gasteiger charge is 2.15. The summed E-state index contributed by atoms with van der Waals surface area (Å²) in [6.07, 6.45) is 0. The SMILES string of the molecule is CC(CNc1ccc(F)cc1)N1CCNCC1. The Balaban J connectivity index is 1.78. The van der Waals surface area contributed by atoms with Gasteiger partial charge >= 0.3 is 0 Å². The van der Waals surface area contributed by atoms with Crippen LogP contribution < -0.4 is 10.6 Å². The highest BCUT2D eigenvalue weighted by atomic mass is 19.1. The molecule has 94 valence electrons. The zero-order valence-corrected chi connectivity index (χ0v) is 10.2. The van der Waals surface area contributed by atoms with Crippen molar-refractivity contribution >= 4 is 5.69 Å². The molecule has 0 saturated carbocycles. The van der Waals surface area contributed by atoms with Gasteiger partial charge in [-0.1, -0.05) is 0 Å². The van der Waals surface area contributed by atoms with Gasteiger partial charge in [0.1, 0.15) is 5.82 Å². The Morgan fingerprint density at radius 1 is 1.29 bits per heavy atom. The molecule has 17 heavy (non-hydrogen) atoms. The van der Waals surface area contributed by atoms with Crippen molar-refractivity contribution in [2.24, 2.45) is 0 Å². The number of benzene rings is 1. The largest absolute Gasteiger partial charge is 0.383 e. The van der Waals surface area contributed by atoms with Gasteiger partial charge in [0.15, 0.2) is 0 Å². The second-order valence-corrected chi connectivity index (χ2v) is 4.52. The average molecular weight is 237 g/mol. The maximum absolute atomic E-state index is 12.7. The van der Waals surface area contributed by atoms with Gasteiger partial charge < -0.3 is 10.6 Å². The summed E-state index contributed by atoms with van der Waals surface area (Å²) in [7, 11) is 0. The molecule has 1 aliphatic rings. The summed E-state index contributed by atoms with van der Waals surface area (Å²) in [6.45, 7) is 7.47. The van der Waals surface area contributed by atoms with Gasteiger partial charge in [0.05, 0.1) is 0 Å². The summed E-state index contributed by atoms with van der Waals surface area (Å²) < 4.78 is 12.7. The third kappa shape index (κ3) is 3.68. The van der Waals surface area contributed by atoms with Crippen LogP contribution in [0.2, 0.25) is 0 Å². The van der Waals surface area contributed by atoms with Crippen LogP contribution >= 0.6 is 0 Å². The quantitative estimate of drug-likeness (QED) is 0.831. The van der Waals surface area contributed by atoms with Crippen LogP contribution in [-0.2, 0) is 0 Å². The fraction of sp³-hybridized carbons (Fsp3) is 0.538. The van der Waals surface area contributed by atoms with Crippen molar-refractivity contribution in [2.45, 2.75) is 13.0 Å². The summed E-state index contributed by atoms with van der Waals surface area (Å²) in [5.41, 5.74) is 0.980. The number of halogens is 1. The van der Waals surface area contributed by atoms with E-state index >= 15 is 0 Å². The molecule has 2 rings (SSSR count). The van der Waals surface area contributed by atoms with Gasteiger partial charge in [-0.3, -0.25) is 4.90 Å². The van der Waals surface area contributed by atoms with E-state index in [1.165, 1.54) is 12.1 Å². The van der Waals surface area contributed by atoms with E-state index in [0.717, 1.165) is 38.4 Å². The van der Waals surface area contributed by atoms with Crippen LogP contribution in [0.25, 0.3) is 0 Å². The molecule has 4 heteroatoms. The van der Waals surface area contributed by atoms with E-state index in [9.17, 15) is 4.39 Å². The lowest BCUT2D eigenvalue weighted by atomic mass is 10.2. The summed E-state index contributed by atoms with van der Waals surface area (Å²) in [5.74, 6) is -0.189. The molecular weight excluding hydrogens is 217 g/mol. The van der Waals surface area contributed by atoms with Crippen molar-refractivity contribution in [3.8, 4) is 0 Å². The van der Waals surface area contributed by atoms with Gasteiger partial charge in [0.25, 0.3) is 0 Å². The monoisotopic (exact) mass is 237 g/mol. The summed E-state index contributed by atoms with van der Waals surface area (Å²) in [5, 5.41) is 6.69. The lowest BCUT2D eigenvalue weighted by Gasteiger charge is -2.33. The number of hydrogen-bond acceptors (Lipinski definition) is 3. The van der Waals surface area contributed by atoms with E-state index in [-0.39, 0.29) is 5.82 Å². The third-order valence-electron chi connectivity index (χ3n) is 3.22. The number of hydrogen-bond donors (Lipinski definition) is 2. The number of nitrogens with one attached hydrogen (secondary N) is 2. The van der Waals surface area contributed by atoms with E-state index in [1.54, 1.807) is 12.1 Å². The Bertz CT molecular complexity index is 333. The van der Waals surface area contributed by atoms with Gasteiger partial charge in [0.2, 0.25) is 0 Å². The normalized spacial score (nSPS) is 18.9. The fourth-order valence-corrected chi connectivity index (χ4v) is 2.09. The molecule has 0 aliphatic carbocycles. The molecule has 0 amide bonds. The zero-order chi connectivity index (χ0) is 12.1. The highest BCUT2D eigenvalue weighted by Crippen LogP contribution is 2.09. The fourth-order valence-electron chi connectivity index (χ4n) is 2.09. The maximum Gasteiger partial charge on any atom is 0.123 e. The van der Waals surface area contributed by atoms with Crippen LogP contribution in [-0.4, -0.2) is 43.7 Å². The van der Waals surface area contributed by atoms with Crippen molar-refractivity contribution in [2.75, 3.05) is 38.0 Å². The van der Waals surface area contributed by atoms with Crippen molar-refractivity contribution in [1.29, 1.82) is 0 Å². The molecule has 3 nitrogen and oxygen atoms in total. The minimum atomic E-state index is -0.189. The molecule has 1 heterocycles. The zero-order valence-electron chi connectivity index (χ0n) is 10.2. The third-order valence-corrected chi connectivity index (χ3v) is 3.22. The van der Waals surface area contributed by atoms with Crippen molar-refractivity contribution in [3.63, 3.8) is 0 Å². The van der Waals surface area contributed by atoms with E-state index in [2.05, 4.69) is 22.5 Å². The van der Waals surface area contributed by atoms with Crippen LogP contribution in [0.3, 0.4) is 0 Å². The molecule has 0 bridgehead atoms. The highest BCUT2D eigenvalue weighted by molar-refractivity contribution is 5.42. The van der Waals surface area contributed by atoms with Gasteiger partial charge in [-0.2, -0.15) is 0 Å². The van der Waals surface area contributed by atoms with E-state index in [0.29, 0.717) is 6.04 Å². The van der Waals surface area contributed by atoms with Gasteiger partial charge in [-0.05, 0) is 31.2 Å². The molecule has 1 fully saturated rings. The molecule has 0 aromatic heterocycles. The number of nitrogens with zero attached hydrogens (tertiary/aromatic N) is 1. The van der Waals surface area contributed by atoms with Crippen molar-refractivity contribution in [1.82, 2.24) is 10.2 Å². The number of piperazine rings is 1. The minimum Gasteiger partial charge on any atom is -0.383 e. The molecule has 2 N–H and O–H groups in total. The average Bonchev–Trinajstić information content (AvgIpc) is 2.39. The molecule has 0 spiro atoms. The van der Waals surface area contributed by atoms with Crippen LogP contribution in [0.5, 0.6) is 0 Å². The molecule has 1 saturated heterocycles. The van der Waals surface area contributed by atoms with E-state index in [1.807, 2.05) is 0 Å². The first kappa shape index (κ1) is 12.3. The minimum absolute atomic E-state index is 0.189. The maximum atomic E-state index is 12.7. The van der Waals surface area contributed by atoms with Gasteiger partial charge in [-0.25, -0.2) is 4.39 Å². The molecule has 1 unspecified atom stereocenters. The smallest absolute Gasteiger partial charge is 0.123 e. The first-order chi connectivity index (χ1) is 8.25. The topological polar surface area (TPSA) is 27.3 Å². The molecular formula is C13H20FN3. The van der Waals surface area contributed by atoms with E-state index in [4.69, 9.17) is 0 Å². The first-order valence-corrected chi connectivity index (χ1v) is 6.20.